The third kappa shape index (κ3) is 9.32. The van der Waals surface area contributed by atoms with Crippen LogP contribution in [0.15, 0.2) is 42.5 Å². The first-order valence-corrected chi connectivity index (χ1v) is 11.8. The summed E-state index contributed by atoms with van der Waals surface area (Å²) in [5, 5.41) is 26.2. The van der Waals surface area contributed by atoms with Crippen LogP contribution >= 0.6 is 15.9 Å². The van der Waals surface area contributed by atoms with Crippen molar-refractivity contribution in [3.8, 4) is 0 Å². The lowest BCUT2D eigenvalue weighted by Gasteiger charge is -2.19. The SMILES string of the molecule is Cc1ccc(Cc2cc(CO)cc(NC(=O)[C@H](CCC(=O)O)NC(=O)CNC(=O)CBr)c2)cc1. The van der Waals surface area contributed by atoms with Gasteiger partial charge in [-0.2, -0.15) is 0 Å². The van der Waals surface area contributed by atoms with Crippen molar-refractivity contribution < 1.29 is 29.4 Å². The van der Waals surface area contributed by atoms with Crippen LogP contribution in [0.5, 0.6) is 0 Å². The van der Waals surface area contributed by atoms with Crippen LogP contribution in [0, 0.1) is 6.92 Å². The molecule has 2 aromatic carbocycles. The summed E-state index contributed by atoms with van der Waals surface area (Å²) in [5.74, 6) is -2.73. The molecule has 0 saturated heterocycles. The molecule has 0 aliphatic carbocycles. The predicted molar refractivity (Wildman–Crippen MR) is 131 cm³/mol. The Morgan fingerprint density at radius 2 is 1.65 bits per heavy atom. The van der Waals surface area contributed by atoms with Gasteiger partial charge in [-0.15, -0.1) is 0 Å². The number of halogens is 1. The highest BCUT2D eigenvalue weighted by Gasteiger charge is 2.22. The number of carbonyl (C=O) groups excluding carboxylic acids is 3. The van der Waals surface area contributed by atoms with Crippen molar-refractivity contribution >= 4 is 45.3 Å². The van der Waals surface area contributed by atoms with Gasteiger partial charge >= 0.3 is 5.97 Å². The zero-order valence-corrected chi connectivity index (χ0v) is 20.4. The molecule has 34 heavy (non-hydrogen) atoms. The van der Waals surface area contributed by atoms with Crippen molar-refractivity contribution in [2.24, 2.45) is 0 Å². The van der Waals surface area contributed by atoms with Gasteiger partial charge < -0.3 is 26.2 Å². The number of rotatable bonds is 12. The van der Waals surface area contributed by atoms with Gasteiger partial charge in [-0.3, -0.25) is 19.2 Å². The number of alkyl halides is 1. The Morgan fingerprint density at radius 1 is 0.971 bits per heavy atom. The lowest BCUT2D eigenvalue weighted by molar-refractivity contribution is -0.137. The monoisotopic (exact) mass is 533 g/mol. The Balaban J connectivity index is 2.14. The molecule has 0 radical (unpaired) electrons. The molecule has 2 rings (SSSR count). The Labute approximate surface area is 206 Å². The molecule has 0 bridgehead atoms. The van der Waals surface area contributed by atoms with E-state index < -0.39 is 29.7 Å². The summed E-state index contributed by atoms with van der Waals surface area (Å²) in [5.41, 5.74) is 4.09. The van der Waals surface area contributed by atoms with Crippen molar-refractivity contribution in [3.05, 3.63) is 64.7 Å². The van der Waals surface area contributed by atoms with Crippen LogP contribution < -0.4 is 16.0 Å². The van der Waals surface area contributed by atoms with Crippen molar-refractivity contribution in [1.82, 2.24) is 10.6 Å². The number of anilines is 1. The molecular weight excluding hydrogens is 506 g/mol. The summed E-state index contributed by atoms with van der Waals surface area (Å²) < 4.78 is 0. The summed E-state index contributed by atoms with van der Waals surface area (Å²) in [6, 6.07) is 12.1. The van der Waals surface area contributed by atoms with Gasteiger partial charge in [0.25, 0.3) is 0 Å². The molecule has 0 aliphatic rings. The topological polar surface area (TPSA) is 145 Å². The standard InChI is InChI=1S/C24H28BrN3O6/c1-15-2-4-16(5-3-15)8-17-9-18(14-29)11-19(10-17)27-24(34)20(6-7-23(32)33)28-22(31)13-26-21(30)12-25/h2-5,9-11,20,29H,6-8,12-14H2,1H3,(H,26,30)(H,27,34)(H,28,31)(H,32,33)/t20-/m0/s1. The maximum absolute atomic E-state index is 12.9. The van der Waals surface area contributed by atoms with Gasteiger partial charge in [0.2, 0.25) is 17.7 Å². The number of carboxylic acids is 1. The Hall–Kier alpha value is -3.24. The number of carbonyl (C=O) groups is 4. The van der Waals surface area contributed by atoms with Crippen LogP contribution in [-0.4, -0.2) is 51.8 Å². The van der Waals surface area contributed by atoms with Crippen molar-refractivity contribution in [2.45, 2.75) is 38.8 Å². The minimum atomic E-state index is -1.12. The molecular formula is C24H28BrN3O6. The first kappa shape index (κ1) is 27.0. The summed E-state index contributed by atoms with van der Waals surface area (Å²) >= 11 is 2.97. The lowest BCUT2D eigenvalue weighted by atomic mass is 10.0. The number of aliphatic hydroxyl groups is 1. The van der Waals surface area contributed by atoms with E-state index in [-0.39, 0.29) is 31.3 Å². The Kier molecular flexibility index (Phi) is 10.7. The average Bonchev–Trinajstić information content (AvgIpc) is 2.81. The van der Waals surface area contributed by atoms with Gasteiger partial charge in [-0.05, 0) is 48.6 Å². The minimum absolute atomic E-state index is 0.0231. The van der Waals surface area contributed by atoms with Gasteiger partial charge in [0.05, 0.1) is 18.5 Å². The third-order valence-electron chi connectivity index (χ3n) is 4.90. The van der Waals surface area contributed by atoms with E-state index in [9.17, 15) is 24.3 Å². The van der Waals surface area contributed by atoms with E-state index in [1.807, 2.05) is 37.3 Å². The first-order valence-electron chi connectivity index (χ1n) is 10.6. The fraction of sp³-hybridized carbons (Fsp3) is 0.333. The fourth-order valence-corrected chi connectivity index (χ4v) is 3.41. The van der Waals surface area contributed by atoms with Gasteiger partial charge in [0.1, 0.15) is 6.04 Å². The van der Waals surface area contributed by atoms with E-state index in [1.165, 1.54) is 0 Å². The van der Waals surface area contributed by atoms with Crippen LogP contribution in [0.25, 0.3) is 0 Å². The maximum atomic E-state index is 12.9. The summed E-state index contributed by atoms with van der Waals surface area (Å²) in [4.78, 5) is 47.4. The molecule has 0 heterocycles. The number of hydrogen-bond acceptors (Lipinski definition) is 5. The normalized spacial score (nSPS) is 11.4. The quantitative estimate of drug-likeness (QED) is 0.263. The Morgan fingerprint density at radius 3 is 2.26 bits per heavy atom. The number of hydrogen-bond donors (Lipinski definition) is 5. The highest BCUT2D eigenvalue weighted by Crippen LogP contribution is 2.19. The number of amides is 3. The molecule has 2 aromatic rings. The zero-order chi connectivity index (χ0) is 25.1. The lowest BCUT2D eigenvalue weighted by Crippen LogP contribution is -2.47. The van der Waals surface area contributed by atoms with E-state index >= 15 is 0 Å². The van der Waals surface area contributed by atoms with E-state index in [0.29, 0.717) is 17.7 Å². The average molecular weight is 534 g/mol. The van der Waals surface area contributed by atoms with Gasteiger partial charge in [0, 0.05) is 12.1 Å². The van der Waals surface area contributed by atoms with E-state index in [4.69, 9.17) is 5.11 Å². The number of aliphatic carboxylic acids is 1. The number of aliphatic hydroxyl groups excluding tert-OH is 1. The maximum Gasteiger partial charge on any atom is 0.303 e. The second-order valence-corrected chi connectivity index (χ2v) is 8.37. The summed E-state index contributed by atoms with van der Waals surface area (Å²) in [7, 11) is 0. The van der Waals surface area contributed by atoms with Crippen LogP contribution in [-0.2, 0) is 32.2 Å². The zero-order valence-electron chi connectivity index (χ0n) is 18.8. The van der Waals surface area contributed by atoms with Gasteiger partial charge in [-0.25, -0.2) is 0 Å². The summed E-state index contributed by atoms with van der Waals surface area (Å²) in [6.07, 6.45) is 0.125. The molecule has 0 spiro atoms. The Bertz CT molecular complexity index is 1030. The molecule has 182 valence electrons. The highest BCUT2D eigenvalue weighted by molar-refractivity contribution is 9.09. The fourth-order valence-electron chi connectivity index (χ4n) is 3.21. The third-order valence-corrected chi connectivity index (χ3v) is 5.41. The van der Waals surface area contributed by atoms with E-state index in [0.717, 1.165) is 16.7 Å². The van der Waals surface area contributed by atoms with Crippen LogP contribution in [0.3, 0.4) is 0 Å². The number of benzene rings is 2. The predicted octanol–water partition coefficient (Wildman–Crippen LogP) is 1.88. The van der Waals surface area contributed by atoms with E-state index in [2.05, 4.69) is 31.9 Å². The van der Waals surface area contributed by atoms with Crippen LogP contribution in [0.4, 0.5) is 5.69 Å². The minimum Gasteiger partial charge on any atom is -0.481 e. The molecule has 0 aromatic heterocycles. The second kappa shape index (κ2) is 13.5. The smallest absolute Gasteiger partial charge is 0.303 e. The van der Waals surface area contributed by atoms with Crippen LogP contribution in [0.2, 0.25) is 0 Å². The molecule has 3 amide bonds. The highest BCUT2D eigenvalue weighted by atomic mass is 79.9. The molecule has 5 N–H and O–H groups in total. The molecule has 1 atom stereocenters. The molecule has 10 heteroatoms. The van der Waals surface area contributed by atoms with Gasteiger partial charge in [-0.1, -0.05) is 51.8 Å². The van der Waals surface area contributed by atoms with Crippen molar-refractivity contribution in [1.29, 1.82) is 0 Å². The molecule has 0 saturated carbocycles. The van der Waals surface area contributed by atoms with E-state index in [1.54, 1.807) is 12.1 Å². The van der Waals surface area contributed by atoms with Crippen molar-refractivity contribution in [3.63, 3.8) is 0 Å². The number of carboxylic acid groups (broad SMARTS) is 1. The van der Waals surface area contributed by atoms with Crippen molar-refractivity contribution in [2.75, 3.05) is 17.2 Å². The number of nitrogens with one attached hydrogen (secondary N) is 3. The molecule has 0 fully saturated rings. The largest absolute Gasteiger partial charge is 0.481 e. The molecule has 9 nitrogen and oxygen atoms in total. The summed E-state index contributed by atoms with van der Waals surface area (Å²) in [6.45, 7) is 1.43. The molecule has 0 unspecified atom stereocenters. The van der Waals surface area contributed by atoms with Crippen LogP contribution in [0.1, 0.15) is 35.1 Å². The first-order chi connectivity index (χ1) is 16.2. The second-order valence-electron chi connectivity index (χ2n) is 7.81. The molecule has 0 aliphatic heterocycles. The van der Waals surface area contributed by atoms with Gasteiger partial charge in [0.15, 0.2) is 0 Å². The number of aryl methyl sites for hydroxylation is 1.